The molecule has 5 nitrogen and oxygen atoms in total. The van der Waals surface area contributed by atoms with Gasteiger partial charge in [-0.1, -0.05) is 18.2 Å². The molecule has 196 valence electrons. The summed E-state index contributed by atoms with van der Waals surface area (Å²) >= 11 is -1.47. The highest BCUT2D eigenvalue weighted by molar-refractivity contribution is 7.92. The van der Waals surface area contributed by atoms with E-state index in [1.165, 1.54) is 24.4 Å². The monoisotopic (exact) mass is 541 g/mol. The van der Waals surface area contributed by atoms with E-state index in [0.29, 0.717) is 48.3 Å². The van der Waals surface area contributed by atoms with Crippen molar-refractivity contribution in [1.29, 1.82) is 0 Å². The van der Waals surface area contributed by atoms with Gasteiger partial charge in [-0.15, -0.1) is 0 Å². The number of halogens is 4. The maximum atomic E-state index is 14.0. The number of pyridine rings is 1. The van der Waals surface area contributed by atoms with Gasteiger partial charge in [0.2, 0.25) is 0 Å². The minimum absolute atomic E-state index is 0.152. The minimum atomic E-state index is -4.45. The zero-order chi connectivity index (χ0) is 26.9. The van der Waals surface area contributed by atoms with Gasteiger partial charge in [-0.2, -0.15) is 13.2 Å². The van der Waals surface area contributed by atoms with E-state index >= 15 is 0 Å². The predicted octanol–water partition coefficient (Wildman–Crippen LogP) is 6.55. The number of hydrogen-bond acceptors (Lipinski definition) is 4. The molecule has 5 rings (SSSR count). The molecule has 38 heavy (non-hydrogen) atoms. The number of nitrogens with one attached hydrogen (secondary N) is 1. The number of aromatic nitrogens is 1. The van der Waals surface area contributed by atoms with Crippen molar-refractivity contribution >= 4 is 39.4 Å². The van der Waals surface area contributed by atoms with Crippen LogP contribution in [0.2, 0.25) is 0 Å². The third kappa shape index (κ3) is 5.46. The van der Waals surface area contributed by atoms with Crippen LogP contribution in [0.3, 0.4) is 0 Å². The van der Waals surface area contributed by atoms with E-state index in [4.69, 9.17) is 0 Å². The van der Waals surface area contributed by atoms with Crippen molar-refractivity contribution < 1.29 is 26.9 Å². The lowest BCUT2D eigenvalue weighted by molar-refractivity contribution is -0.137. The minimum Gasteiger partial charge on any atom is -0.611 e. The quantitative estimate of drug-likeness (QED) is 0.230. The highest BCUT2D eigenvalue weighted by atomic mass is 32.2. The van der Waals surface area contributed by atoms with Gasteiger partial charge in [-0.3, -0.25) is 9.78 Å². The Morgan fingerprint density at radius 2 is 1.71 bits per heavy atom. The van der Waals surface area contributed by atoms with Crippen molar-refractivity contribution in [3.8, 4) is 0 Å². The number of benzene rings is 3. The van der Waals surface area contributed by atoms with Crippen LogP contribution in [0.4, 0.5) is 28.9 Å². The molecule has 0 aliphatic carbocycles. The van der Waals surface area contributed by atoms with Gasteiger partial charge in [0.15, 0.2) is 10.7 Å². The van der Waals surface area contributed by atoms with E-state index in [-0.39, 0.29) is 21.6 Å². The molecule has 3 aromatic carbocycles. The summed E-state index contributed by atoms with van der Waals surface area (Å²) in [5, 5.41) is 3.50. The third-order valence-electron chi connectivity index (χ3n) is 6.57. The zero-order valence-corrected chi connectivity index (χ0v) is 20.9. The first-order chi connectivity index (χ1) is 18.2. The smallest absolute Gasteiger partial charge is 0.416 e. The fraction of sp³-hybridized carbons (Fsp3) is 0.214. The Kier molecular flexibility index (Phi) is 7.27. The Labute approximate surface area is 219 Å². The van der Waals surface area contributed by atoms with Gasteiger partial charge in [0.1, 0.15) is 5.25 Å². The van der Waals surface area contributed by atoms with Crippen LogP contribution in [0.25, 0.3) is 10.9 Å². The molecular formula is C28H23F4N3O2S. The molecule has 1 aliphatic rings. The summed E-state index contributed by atoms with van der Waals surface area (Å²) in [4.78, 5) is 19.0. The highest BCUT2D eigenvalue weighted by Crippen LogP contribution is 2.33. The Bertz CT molecular complexity index is 1450. The second-order valence-corrected chi connectivity index (χ2v) is 10.7. The number of piperidine rings is 1. The maximum absolute atomic E-state index is 14.0. The lowest BCUT2D eigenvalue weighted by atomic mass is 10.1. The van der Waals surface area contributed by atoms with Gasteiger partial charge >= 0.3 is 6.18 Å². The van der Waals surface area contributed by atoms with Crippen molar-refractivity contribution in [2.75, 3.05) is 18.4 Å². The normalized spacial score (nSPS) is 15.4. The van der Waals surface area contributed by atoms with Crippen LogP contribution < -0.4 is 5.32 Å². The number of carbonyl (C=O) groups is 1. The Morgan fingerprint density at radius 3 is 2.39 bits per heavy atom. The van der Waals surface area contributed by atoms with Crippen molar-refractivity contribution in [3.63, 3.8) is 0 Å². The topological polar surface area (TPSA) is 68.3 Å². The molecule has 0 bridgehead atoms. The van der Waals surface area contributed by atoms with Gasteiger partial charge < -0.3 is 14.8 Å². The average molecular weight is 542 g/mol. The maximum Gasteiger partial charge on any atom is 0.416 e. The molecule has 1 aromatic heterocycles. The van der Waals surface area contributed by atoms with Crippen LogP contribution in [0, 0.1) is 5.82 Å². The number of alkyl halides is 3. The lowest BCUT2D eigenvalue weighted by Gasteiger charge is -2.32. The summed E-state index contributed by atoms with van der Waals surface area (Å²) in [7, 11) is 0. The number of carbonyl (C=O) groups excluding carboxylic acids is 1. The van der Waals surface area contributed by atoms with E-state index in [0.717, 1.165) is 12.1 Å². The summed E-state index contributed by atoms with van der Waals surface area (Å²) in [5.41, 5.74) is 1.19. The molecule has 1 aliphatic heterocycles. The number of fused-ring (bicyclic) bond motifs is 1. The van der Waals surface area contributed by atoms with Crippen LogP contribution >= 0.6 is 0 Å². The summed E-state index contributed by atoms with van der Waals surface area (Å²) < 4.78 is 65.9. The summed E-state index contributed by atoms with van der Waals surface area (Å²) in [6.07, 6.45) is -1.99. The van der Waals surface area contributed by atoms with Crippen molar-refractivity contribution in [3.05, 3.63) is 95.9 Å². The van der Waals surface area contributed by atoms with Gasteiger partial charge in [-0.05, 0) is 65.8 Å². The van der Waals surface area contributed by atoms with Crippen molar-refractivity contribution in [2.45, 2.75) is 29.2 Å². The lowest BCUT2D eigenvalue weighted by Crippen LogP contribution is -2.42. The first kappa shape index (κ1) is 26.0. The molecule has 1 saturated heterocycles. The number of rotatable bonds is 5. The molecule has 4 aromatic rings. The molecule has 1 fully saturated rings. The Morgan fingerprint density at radius 1 is 1.00 bits per heavy atom. The standard InChI is InChI=1S/C28H23F4N3O2S/c29-23-3-1-2-4-26(23)38(37)21-12-15-35(16-13-21)27(36)18-5-8-20(9-6-18)34-24-11-14-33-25-17-19(28(30,31)32)7-10-22(24)25/h1-11,14,17,21H,12-13,15-16H2,(H,33,34). The molecule has 0 radical (unpaired) electrons. The molecule has 10 heteroatoms. The van der Waals surface area contributed by atoms with Crippen molar-refractivity contribution in [1.82, 2.24) is 9.88 Å². The predicted molar refractivity (Wildman–Crippen MR) is 138 cm³/mol. The molecule has 0 spiro atoms. The highest BCUT2D eigenvalue weighted by Gasteiger charge is 2.33. The third-order valence-corrected chi connectivity index (χ3v) is 8.41. The number of anilines is 2. The summed E-state index contributed by atoms with van der Waals surface area (Å²) in [6.45, 7) is 0.846. The largest absolute Gasteiger partial charge is 0.611 e. The van der Waals surface area contributed by atoms with Gasteiger partial charge in [0.25, 0.3) is 5.91 Å². The summed E-state index contributed by atoms with van der Waals surface area (Å²) in [6, 6.07) is 17.9. The van der Waals surface area contributed by atoms with E-state index < -0.39 is 28.7 Å². The fourth-order valence-electron chi connectivity index (χ4n) is 4.53. The van der Waals surface area contributed by atoms with Crippen LogP contribution in [-0.4, -0.2) is 38.7 Å². The number of hydrogen-bond donors (Lipinski definition) is 1. The molecule has 0 saturated carbocycles. The van der Waals surface area contributed by atoms with E-state index in [9.17, 15) is 26.9 Å². The number of amides is 1. The first-order valence-electron chi connectivity index (χ1n) is 12.0. The Hall–Kier alpha value is -3.63. The van der Waals surface area contributed by atoms with Crippen LogP contribution in [0.1, 0.15) is 28.8 Å². The average Bonchev–Trinajstić information content (AvgIpc) is 2.92. The fourth-order valence-corrected chi connectivity index (χ4v) is 6.00. The number of likely N-dealkylation sites (tertiary alicyclic amines) is 1. The van der Waals surface area contributed by atoms with Crippen LogP contribution in [0.5, 0.6) is 0 Å². The van der Waals surface area contributed by atoms with Crippen molar-refractivity contribution in [2.24, 2.45) is 0 Å². The molecule has 1 N–H and O–H groups in total. The first-order valence-corrected chi connectivity index (χ1v) is 13.2. The molecular weight excluding hydrogens is 518 g/mol. The molecule has 1 amide bonds. The summed E-state index contributed by atoms with van der Waals surface area (Å²) in [5.74, 6) is -0.635. The number of nitrogens with zero attached hydrogens (tertiary/aromatic N) is 2. The zero-order valence-electron chi connectivity index (χ0n) is 20.0. The van der Waals surface area contributed by atoms with E-state index in [2.05, 4.69) is 10.3 Å². The second kappa shape index (κ2) is 10.6. The SMILES string of the molecule is O=C(c1ccc(Nc2ccnc3cc(C(F)(F)F)ccc23)cc1)N1CCC([S+]([O-])c2ccccc2F)CC1. The van der Waals surface area contributed by atoms with Gasteiger partial charge in [0.05, 0.1) is 11.1 Å². The van der Waals surface area contributed by atoms with E-state index in [1.54, 1.807) is 47.4 Å². The molecule has 2 heterocycles. The Balaban J connectivity index is 1.23. The molecule has 1 atom stereocenters. The van der Waals surface area contributed by atoms with Crippen LogP contribution in [-0.2, 0) is 17.4 Å². The van der Waals surface area contributed by atoms with E-state index in [1.807, 2.05) is 0 Å². The van der Waals surface area contributed by atoms with Gasteiger partial charge in [-0.25, -0.2) is 4.39 Å². The second-order valence-electron chi connectivity index (χ2n) is 9.01. The van der Waals surface area contributed by atoms with Gasteiger partial charge in [0, 0.05) is 54.5 Å². The van der Waals surface area contributed by atoms with Crippen LogP contribution in [0.15, 0.2) is 83.9 Å². The molecule has 1 unspecified atom stereocenters.